The molecule has 3 heteroatoms. The lowest BCUT2D eigenvalue weighted by Gasteiger charge is -2.05. The fourth-order valence-corrected chi connectivity index (χ4v) is 1.28. The molecular weight excluding hydrogens is 152 g/mol. The van der Waals surface area contributed by atoms with Gasteiger partial charge in [-0.2, -0.15) is 0 Å². The monoisotopic (exact) mass is 160 g/mol. The number of amides is 1. The molecule has 0 saturated heterocycles. The lowest BCUT2D eigenvalue weighted by Crippen LogP contribution is -2.20. The van der Waals surface area contributed by atoms with Crippen LogP contribution in [0.5, 0.6) is 0 Å². The summed E-state index contributed by atoms with van der Waals surface area (Å²) < 4.78 is 0. The third kappa shape index (κ3) is 0.993. The first kappa shape index (κ1) is 7.03. The Balaban J connectivity index is 2.35. The molecule has 1 atom stereocenters. The van der Waals surface area contributed by atoms with Crippen molar-refractivity contribution in [3.8, 4) is 0 Å². The van der Waals surface area contributed by atoms with E-state index >= 15 is 0 Å². The Morgan fingerprint density at radius 1 is 1.50 bits per heavy atom. The lowest BCUT2D eigenvalue weighted by molar-refractivity contribution is -0.111. The third-order valence-electron chi connectivity index (χ3n) is 1.87. The minimum Gasteiger partial charge on any atom is -0.364 e. The number of hydrogen-bond acceptors (Lipinski definition) is 2. The van der Waals surface area contributed by atoms with Gasteiger partial charge in [-0.15, -0.1) is 0 Å². The molecule has 1 aliphatic carbocycles. The van der Waals surface area contributed by atoms with Crippen LogP contribution in [0.3, 0.4) is 0 Å². The molecule has 0 aromatic heterocycles. The standard InChI is InChI=1S/C9H8N2O/c10-9(12)8-5-6-3-1-2-4-7(6)11-8/h1-5,7H,(H2,10,12). The van der Waals surface area contributed by atoms with Gasteiger partial charge in [-0.3, -0.25) is 9.79 Å². The van der Waals surface area contributed by atoms with Crippen LogP contribution in [0.4, 0.5) is 0 Å². The Hall–Kier alpha value is -1.64. The molecular formula is C9H8N2O. The molecule has 0 fully saturated rings. The molecule has 1 heterocycles. The van der Waals surface area contributed by atoms with Gasteiger partial charge >= 0.3 is 0 Å². The number of nitrogens with zero attached hydrogens (tertiary/aromatic N) is 1. The van der Waals surface area contributed by atoms with E-state index in [1.165, 1.54) is 0 Å². The van der Waals surface area contributed by atoms with E-state index in [0.717, 1.165) is 5.57 Å². The van der Waals surface area contributed by atoms with E-state index in [-0.39, 0.29) is 6.04 Å². The molecule has 2 N–H and O–H groups in total. The van der Waals surface area contributed by atoms with Gasteiger partial charge in [0.15, 0.2) is 0 Å². The Labute approximate surface area is 70.0 Å². The number of nitrogens with two attached hydrogens (primary N) is 1. The fraction of sp³-hybridized carbons (Fsp3) is 0.111. The Kier molecular flexibility index (Phi) is 1.43. The number of aliphatic imine (C=N–C) groups is 1. The van der Waals surface area contributed by atoms with Crippen LogP contribution in [0.1, 0.15) is 0 Å². The molecule has 3 nitrogen and oxygen atoms in total. The molecule has 1 aliphatic heterocycles. The minimum absolute atomic E-state index is 0.0116. The molecule has 2 rings (SSSR count). The number of carbonyl (C=O) groups is 1. The van der Waals surface area contributed by atoms with Crippen LogP contribution in [0.2, 0.25) is 0 Å². The van der Waals surface area contributed by atoms with Crippen molar-refractivity contribution < 1.29 is 4.79 Å². The Morgan fingerprint density at radius 2 is 2.33 bits per heavy atom. The van der Waals surface area contributed by atoms with Crippen LogP contribution in [-0.4, -0.2) is 17.7 Å². The summed E-state index contributed by atoms with van der Waals surface area (Å²) in [6.45, 7) is 0. The molecule has 0 bridgehead atoms. The minimum atomic E-state index is -0.460. The Bertz CT molecular complexity index is 348. The van der Waals surface area contributed by atoms with Gasteiger partial charge in [0.25, 0.3) is 5.91 Å². The van der Waals surface area contributed by atoms with Gasteiger partial charge in [-0.05, 0) is 11.6 Å². The summed E-state index contributed by atoms with van der Waals surface area (Å²) in [6, 6.07) is 0.0116. The molecule has 0 saturated carbocycles. The lowest BCUT2D eigenvalue weighted by atomic mass is 10.0. The van der Waals surface area contributed by atoms with E-state index in [2.05, 4.69) is 4.99 Å². The van der Waals surface area contributed by atoms with Crippen LogP contribution in [0.15, 0.2) is 40.9 Å². The van der Waals surface area contributed by atoms with Gasteiger partial charge in [0.05, 0.1) is 6.04 Å². The molecule has 0 aromatic carbocycles. The van der Waals surface area contributed by atoms with E-state index in [9.17, 15) is 4.79 Å². The highest BCUT2D eigenvalue weighted by Crippen LogP contribution is 2.20. The van der Waals surface area contributed by atoms with Crippen molar-refractivity contribution >= 4 is 11.6 Å². The number of allylic oxidation sites excluding steroid dienone is 2. The SMILES string of the molecule is NC(=O)C1=NC2C=CC=CC2=C1. The summed E-state index contributed by atoms with van der Waals surface area (Å²) in [6.07, 6.45) is 9.43. The van der Waals surface area contributed by atoms with Crippen molar-refractivity contribution in [2.24, 2.45) is 10.7 Å². The van der Waals surface area contributed by atoms with Gasteiger partial charge in [-0.1, -0.05) is 24.3 Å². The molecule has 0 spiro atoms. The molecule has 0 radical (unpaired) electrons. The van der Waals surface area contributed by atoms with Crippen molar-refractivity contribution in [1.82, 2.24) is 0 Å². The number of hydrogen-bond donors (Lipinski definition) is 1. The summed E-state index contributed by atoms with van der Waals surface area (Å²) in [4.78, 5) is 14.9. The highest BCUT2D eigenvalue weighted by Gasteiger charge is 2.19. The van der Waals surface area contributed by atoms with E-state index in [0.29, 0.717) is 5.71 Å². The quantitative estimate of drug-likeness (QED) is 0.591. The molecule has 60 valence electrons. The van der Waals surface area contributed by atoms with Crippen LogP contribution in [0, 0.1) is 0 Å². The van der Waals surface area contributed by atoms with E-state index in [1.807, 2.05) is 24.3 Å². The first-order chi connectivity index (χ1) is 5.77. The van der Waals surface area contributed by atoms with Crippen LogP contribution in [0.25, 0.3) is 0 Å². The Morgan fingerprint density at radius 3 is 3.00 bits per heavy atom. The second-order valence-electron chi connectivity index (χ2n) is 2.71. The van der Waals surface area contributed by atoms with E-state index in [4.69, 9.17) is 5.73 Å². The average Bonchev–Trinajstić information content (AvgIpc) is 2.46. The topological polar surface area (TPSA) is 55.5 Å². The molecule has 0 aromatic rings. The van der Waals surface area contributed by atoms with E-state index < -0.39 is 5.91 Å². The van der Waals surface area contributed by atoms with Crippen molar-refractivity contribution in [1.29, 1.82) is 0 Å². The largest absolute Gasteiger partial charge is 0.364 e. The maximum Gasteiger partial charge on any atom is 0.266 e. The summed E-state index contributed by atoms with van der Waals surface area (Å²) in [5, 5.41) is 0. The number of carbonyl (C=O) groups excluding carboxylic acids is 1. The predicted molar refractivity (Wildman–Crippen MR) is 46.8 cm³/mol. The summed E-state index contributed by atoms with van der Waals surface area (Å²) >= 11 is 0. The fourth-order valence-electron chi connectivity index (χ4n) is 1.28. The van der Waals surface area contributed by atoms with Crippen molar-refractivity contribution in [3.63, 3.8) is 0 Å². The molecule has 12 heavy (non-hydrogen) atoms. The number of rotatable bonds is 1. The maximum atomic E-state index is 10.7. The van der Waals surface area contributed by atoms with E-state index in [1.54, 1.807) is 6.08 Å². The first-order valence-corrected chi connectivity index (χ1v) is 3.71. The zero-order valence-corrected chi connectivity index (χ0v) is 6.40. The first-order valence-electron chi connectivity index (χ1n) is 3.71. The smallest absolute Gasteiger partial charge is 0.266 e. The van der Waals surface area contributed by atoms with Crippen LogP contribution in [-0.2, 0) is 4.79 Å². The second-order valence-corrected chi connectivity index (χ2v) is 2.71. The highest BCUT2D eigenvalue weighted by molar-refractivity contribution is 6.43. The van der Waals surface area contributed by atoms with Crippen molar-refractivity contribution in [2.45, 2.75) is 6.04 Å². The molecule has 2 aliphatic rings. The predicted octanol–water partition coefficient (Wildman–Crippen LogP) is 0.347. The molecule has 1 amide bonds. The zero-order chi connectivity index (χ0) is 8.55. The maximum absolute atomic E-state index is 10.7. The zero-order valence-electron chi connectivity index (χ0n) is 6.40. The van der Waals surface area contributed by atoms with Gasteiger partial charge in [0, 0.05) is 0 Å². The van der Waals surface area contributed by atoms with Crippen LogP contribution >= 0.6 is 0 Å². The van der Waals surface area contributed by atoms with Gasteiger partial charge < -0.3 is 5.73 Å². The van der Waals surface area contributed by atoms with Gasteiger partial charge in [0.2, 0.25) is 0 Å². The summed E-state index contributed by atoms with van der Waals surface area (Å²) in [7, 11) is 0. The van der Waals surface area contributed by atoms with Gasteiger partial charge in [-0.25, -0.2) is 0 Å². The second kappa shape index (κ2) is 2.44. The normalized spacial score (nSPS) is 24.8. The van der Waals surface area contributed by atoms with Crippen LogP contribution < -0.4 is 5.73 Å². The number of fused-ring (bicyclic) bond motifs is 1. The summed E-state index contributed by atoms with van der Waals surface area (Å²) in [5.41, 5.74) is 6.49. The number of primary amides is 1. The average molecular weight is 160 g/mol. The van der Waals surface area contributed by atoms with Crippen molar-refractivity contribution in [2.75, 3.05) is 0 Å². The van der Waals surface area contributed by atoms with Gasteiger partial charge in [0.1, 0.15) is 5.71 Å². The molecule has 1 unspecified atom stereocenters. The summed E-state index contributed by atoms with van der Waals surface area (Å²) in [5.74, 6) is -0.460. The highest BCUT2D eigenvalue weighted by atomic mass is 16.1. The van der Waals surface area contributed by atoms with Crippen molar-refractivity contribution in [3.05, 3.63) is 36.0 Å². The third-order valence-corrected chi connectivity index (χ3v) is 1.87.